The van der Waals surface area contributed by atoms with E-state index in [1.165, 1.54) is 0 Å². The summed E-state index contributed by atoms with van der Waals surface area (Å²) < 4.78 is 0. The molecule has 0 bridgehead atoms. The fourth-order valence-corrected chi connectivity index (χ4v) is 6.56. The maximum atomic E-state index is 13.3. The number of likely N-dealkylation sites (tertiary alicyclic amines) is 2. The van der Waals surface area contributed by atoms with E-state index in [1.54, 1.807) is 0 Å². The molecule has 1 aliphatic carbocycles. The van der Waals surface area contributed by atoms with Crippen LogP contribution in [-0.2, 0) is 9.59 Å². The highest BCUT2D eigenvalue weighted by atomic mass is 16.2. The van der Waals surface area contributed by atoms with Crippen LogP contribution in [0.25, 0.3) is 0 Å². The second kappa shape index (κ2) is 11.2. The molecule has 6 heteroatoms. The number of amides is 2. The Morgan fingerprint density at radius 2 is 1.51 bits per heavy atom. The van der Waals surface area contributed by atoms with Crippen LogP contribution in [-0.4, -0.2) is 60.1 Å². The second-order valence-electron chi connectivity index (χ2n) is 11.3. The van der Waals surface area contributed by atoms with E-state index >= 15 is 0 Å². The second-order valence-corrected chi connectivity index (χ2v) is 11.3. The van der Waals surface area contributed by atoms with Gasteiger partial charge in [-0.3, -0.25) is 14.4 Å². The van der Waals surface area contributed by atoms with Crippen molar-refractivity contribution in [3.63, 3.8) is 0 Å². The van der Waals surface area contributed by atoms with Crippen molar-refractivity contribution in [1.29, 1.82) is 0 Å². The maximum Gasteiger partial charge on any atom is 0.254 e. The van der Waals surface area contributed by atoms with Gasteiger partial charge in [0.15, 0.2) is 0 Å². The lowest BCUT2D eigenvalue weighted by Gasteiger charge is -2.27. The fourth-order valence-electron chi connectivity index (χ4n) is 6.56. The maximum absolute atomic E-state index is 13.3. The standard InChI is InChI=1S/C31H39N3O3/c1-21-7-6-8-22(2)29(21)31(37)34-19-25-17-33(18-26(25)20-34)16-15-28(23-9-4-3-5-10-23)32-30(36)24-11-13-27(35)14-12-24/h3-10,24-26,28H,11-20H2,1-2H3,(H,32,36)/t25-,26?,28?/m0/s1. The number of nitrogens with zero attached hydrogens (tertiary/aromatic N) is 2. The number of carbonyl (C=O) groups excluding carboxylic acids is 3. The topological polar surface area (TPSA) is 69.7 Å². The van der Waals surface area contributed by atoms with Crippen molar-refractivity contribution in [1.82, 2.24) is 15.1 Å². The van der Waals surface area contributed by atoms with Crippen molar-refractivity contribution in [2.45, 2.75) is 52.0 Å². The first-order chi connectivity index (χ1) is 17.9. The van der Waals surface area contributed by atoms with Crippen LogP contribution < -0.4 is 5.32 Å². The van der Waals surface area contributed by atoms with Crippen LogP contribution >= 0.6 is 0 Å². The number of ketones is 1. The van der Waals surface area contributed by atoms with Crippen molar-refractivity contribution in [3.8, 4) is 0 Å². The molecule has 2 aliphatic heterocycles. The van der Waals surface area contributed by atoms with E-state index in [9.17, 15) is 14.4 Å². The fraction of sp³-hybridized carbons (Fsp3) is 0.516. The van der Waals surface area contributed by atoms with Gasteiger partial charge in [0.2, 0.25) is 5.91 Å². The normalized spacial score (nSPS) is 23.2. The van der Waals surface area contributed by atoms with Crippen molar-refractivity contribution in [3.05, 3.63) is 70.8 Å². The van der Waals surface area contributed by atoms with E-state index in [0.29, 0.717) is 37.5 Å². The van der Waals surface area contributed by atoms with E-state index in [2.05, 4.69) is 27.2 Å². The van der Waals surface area contributed by atoms with Gasteiger partial charge in [-0.2, -0.15) is 0 Å². The van der Waals surface area contributed by atoms with E-state index in [4.69, 9.17) is 0 Å². The molecule has 5 rings (SSSR count). The highest BCUT2D eigenvalue weighted by Gasteiger charge is 2.42. The Labute approximate surface area is 220 Å². The number of fused-ring (bicyclic) bond motifs is 1. The summed E-state index contributed by atoms with van der Waals surface area (Å²) in [6.45, 7) is 8.62. The predicted octanol–water partition coefficient (Wildman–Crippen LogP) is 4.31. The highest BCUT2D eigenvalue weighted by Crippen LogP contribution is 2.33. The SMILES string of the molecule is Cc1cccc(C)c1C(=O)N1CC2CN(CCC(NC(=O)C3CCC(=O)CC3)c3ccccc3)C[C@H]2C1. The quantitative estimate of drug-likeness (QED) is 0.614. The Morgan fingerprint density at radius 3 is 2.14 bits per heavy atom. The van der Waals surface area contributed by atoms with Crippen LogP contribution in [0.1, 0.15) is 65.2 Å². The Hall–Kier alpha value is -2.99. The number of benzene rings is 2. The van der Waals surface area contributed by atoms with Crippen LogP contribution in [0.5, 0.6) is 0 Å². The number of rotatable bonds is 7. The molecule has 3 atom stereocenters. The van der Waals surface area contributed by atoms with Crippen LogP contribution in [0.4, 0.5) is 0 Å². The first-order valence-electron chi connectivity index (χ1n) is 13.8. The molecular formula is C31H39N3O3. The lowest BCUT2D eigenvalue weighted by Crippen LogP contribution is -2.38. The summed E-state index contributed by atoms with van der Waals surface area (Å²) in [6, 6.07) is 16.3. The summed E-state index contributed by atoms with van der Waals surface area (Å²) in [4.78, 5) is 42.5. The number of nitrogens with one attached hydrogen (secondary N) is 1. The number of aryl methyl sites for hydroxylation is 2. The summed E-state index contributed by atoms with van der Waals surface area (Å²) >= 11 is 0. The van der Waals surface area contributed by atoms with Crippen LogP contribution in [0.2, 0.25) is 0 Å². The molecular weight excluding hydrogens is 462 g/mol. The molecule has 3 fully saturated rings. The van der Waals surface area contributed by atoms with E-state index in [-0.39, 0.29) is 29.6 Å². The number of Topliss-reactive ketones (excluding diaryl/α,β-unsaturated/α-hetero) is 1. The van der Waals surface area contributed by atoms with Gasteiger partial charge in [-0.15, -0.1) is 0 Å². The van der Waals surface area contributed by atoms with Gasteiger partial charge in [-0.05, 0) is 61.6 Å². The van der Waals surface area contributed by atoms with Gasteiger partial charge in [0.05, 0.1) is 6.04 Å². The first kappa shape index (κ1) is 25.7. The van der Waals surface area contributed by atoms with Gasteiger partial charge in [0.1, 0.15) is 5.78 Å². The minimum absolute atomic E-state index is 0.0334. The third kappa shape index (κ3) is 5.80. The number of carbonyl (C=O) groups is 3. The molecule has 0 radical (unpaired) electrons. The Morgan fingerprint density at radius 1 is 0.892 bits per heavy atom. The Kier molecular flexibility index (Phi) is 7.75. The van der Waals surface area contributed by atoms with Crippen molar-refractivity contribution < 1.29 is 14.4 Å². The first-order valence-corrected chi connectivity index (χ1v) is 13.8. The third-order valence-electron chi connectivity index (χ3n) is 8.71. The summed E-state index contributed by atoms with van der Waals surface area (Å²) in [5.74, 6) is 1.50. The largest absolute Gasteiger partial charge is 0.349 e. The Bertz CT molecular complexity index is 1100. The van der Waals surface area contributed by atoms with Crippen LogP contribution in [0, 0.1) is 31.6 Å². The smallest absolute Gasteiger partial charge is 0.254 e. The molecule has 2 amide bonds. The average molecular weight is 502 g/mol. The lowest BCUT2D eigenvalue weighted by molar-refractivity contribution is -0.129. The number of hydrogen-bond donors (Lipinski definition) is 1. The van der Waals surface area contributed by atoms with Gasteiger partial charge in [0, 0.05) is 57.0 Å². The Balaban J connectivity index is 1.16. The molecule has 6 nitrogen and oxygen atoms in total. The van der Waals surface area contributed by atoms with Crippen molar-refractivity contribution in [2.75, 3.05) is 32.7 Å². The van der Waals surface area contributed by atoms with Gasteiger partial charge < -0.3 is 15.1 Å². The number of hydrogen-bond acceptors (Lipinski definition) is 4. The molecule has 196 valence electrons. The van der Waals surface area contributed by atoms with Crippen molar-refractivity contribution in [2.24, 2.45) is 17.8 Å². The molecule has 2 heterocycles. The lowest BCUT2D eigenvalue weighted by atomic mass is 9.87. The zero-order valence-corrected chi connectivity index (χ0v) is 22.1. The zero-order valence-electron chi connectivity index (χ0n) is 22.1. The summed E-state index contributed by atoms with van der Waals surface area (Å²) in [7, 11) is 0. The van der Waals surface area contributed by atoms with Crippen LogP contribution in [0.3, 0.4) is 0 Å². The third-order valence-corrected chi connectivity index (χ3v) is 8.71. The molecule has 1 saturated carbocycles. The molecule has 2 aromatic rings. The van der Waals surface area contributed by atoms with E-state index in [1.807, 2.05) is 50.2 Å². The van der Waals surface area contributed by atoms with Gasteiger partial charge in [-0.25, -0.2) is 0 Å². The molecule has 2 saturated heterocycles. The van der Waals surface area contributed by atoms with Gasteiger partial charge >= 0.3 is 0 Å². The zero-order chi connectivity index (χ0) is 25.9. The van der Waals surface area contributed by atoms with Crippen molar-refractivity contribution >= 4 is 17.6 Å². The average Bonchev–Trinajstić information content (AvgIpc) is 3.46. The molecule has 0 spiro atoms. The summed E-state index contributed by atoms with van der Waals surface area (Å²) in [5.41, 5.74) is 4.10. The minimum atomic E-state index is -0.0598. The van der Waals surface area contributed by atoms with E-state index in [0.717, 1.165) is 61.4 Å². The monoisotopic (exact) mass is 501 g/mol. The molecule has 3 aliphatic rings. The summed E-state index contributed by atoms with van der Waals surface area (Å²) in [6.07, 6.45) is 3.23. The van der Waals surface area contributed by atoms with E-state index < -0.39 is 0 Å². The highest BCUT2D eigenvalue weighted by molar-refractivity contribution is 5.97. The molecule has 1 N–H and O–H groups in total. The summed E-state index contributed by atoms with van der Waals surface area (Å²) in [5, 5.41) is 3.31. The minimum Gasteiger partial charge on any atom is -0.349 e. The molecule has 37 heavy (non-hydrogen) atoms. The van der Waals surface area contributed by atoms with Gasteiger partial charge in [-0.1, -0.05) is 48.5 Å². The molecule has 0 aromatic heterocycles. The molecule has 2 unspecified atom stereocenters. The molecule has 2 aromatic carbocycles. The van der Waals surface area contributed by atoms with Gasteiger partial charge in [0.25, 0.3) is 5.91 Å². The predicted molar refractivity (Wildman–Crippen MR) is 144 cm³/mol. The van der Waals surface area contributed by atoms with Crippen LogP contribution in [0.15, 0.2) is 48.5 Å².